The van der Waals surface area contributed by atoms with Crippen LogP contribution in [0, 0.1) is 0 Å². The summed E-state index contributed by atoms with van der Waals surface area (Å²) in [6.07, 6.45) is 8.13. The van der Waals surface area contributed by atoms with E-state index in [2.05, 4.69) is 39.9 Å². The van der Waals surface area contributed by atoms with Crippen LogP contribution in [0.15, 0.2) is 36.7 Å². The molecule has 23 heavy (non-hydrogen) atoms. The van der Waals surface area contributed by atoms with E-state index in [4.69, 9.17) is 4.74 Å². The Labute approximate surface area is 137 Å². The van der Waals surface area contributed by atoms with E-state index in [0.29, 0.717) is 6.04 Å². The van der Waals surface area contributed by atoms with Crippen LogP contribution < -0.4 is 15.4 Å². The second-order valence-electron chi connectivity index (χ2n) is 6.45. The molecule has 120 valence electrons. The van der Waals surface area contributed by atoms with E-state index in [1.807, 2.05) is 12.4 Å². The van der Waals surface area contributed by atoms with E-state index in [9.17, 15) is 0 Å². The Morgan fingerprint density at radius 1 is 1.09 bits per heavy atom. The molecule has 4 nitrogen and oxygen atoms in total. The molecule has 1 saturated heterocycles. The predicted molar refractivity (Wildman–Crippen MR) is 92.2 cm³/mol. The second kappa shape index (κ2) is 6.59. The monoisotopic (exact) mass is 309 g/mol. The Balaban J connectivity index is 1.34. The highest BCUT2D eigenvalue weighted by atomic mass is 16.5. The SMILES string of the molecule is c1cc2c(cc1CCc1cncc(OCC3CCN3)c1)NCC2. The summed E-state index contributed by atoms with van der Waals surface area (Å²) in [6, 6.07) is 9.43. The number of nitrogens with one attached hydrogen (secondary N) is 2. The van der Waals surface area contributed by atoms with Gasteiger partial charge in [0.2, 0.25) is 0 Å². The maximum absolute atomic E-state index is 5.83. The number of aromatic nitrogens is 1. The van der Waals surface area contributed by atoms with E-state index in [0.717, 1.165) is 44.7 Å². The lowest BCUT2D eigenvalue weighted by atomic mass is 10.0. The fraction of sp³-hybridized carbons (Fsp3) is 0.421. The predicted octanol–water partition coefficient (Wildman–Crippen LogP) is 2.58. The van der Waals surface area contributed by atoms with Gasteiger partial charge in [0.05, 0.1) is 6.20 Å². The molecule has 2 aliphatic heterocycles. The molecule has 0 spiro atoms. The summed E-state index contributed by atoms with van der Waals surface area (Å²) in [5.41, 5.74) is 5.36. The van der Waals surface area contributed by atoms with Crippen molar-refractivity contribution in [2.45, 2.75) is 31.7 Å². The average molecular weight is 309 g/mol. The number of aryl methyl sites for hydroxylation is 2. The molecule has 3 heterocycles. The van der Waals surface area contributed by atoms with Crippen LogP contribution in [0.5, 0.6) is 5.75 Å². The van der Waals surface area contributed by atoms with Gasteiger partial charge in [0, 0.05) is 24.5 Å². The minimum atomic E-state index is 0.512. The number of rotatable bonds is 6. The van der Waals surface area contributed by atoms with Gasteiger partial charge in [0.15, 0.2) is 0 Å². The van der Waals surface area contributed by atoms with Crippen LogP contribution in [0.25, 0.3) is 0 Å². The molecule has 2 N–H and O–H groups in total. The molecular weight excluding hydrogens is 286 g/mol. The Morgan fingerprint density at radius 3 is 2.87 bits per heavy atom. The van der Waals surface area contributed by atoms with Crippen molar-refractivity contribution in [1.82, 2.24) is 10.3 Å². The van der Waals surface area contributed by atoms with Crippen molar-refractivity contribution >= 4 is 5.69 Å². The molecule has 4 rings (SSSR count). The first-order valence-corrected chi connectivity index (χ1v) is 8.52. The number of hydrogen-bond acceptors (Lipinski definition) is 4. The summed E-state index contributed by atoms with van der Waals surface area (Å²) in [6.45, 7) is 2.92. The molecule has 0 radical (unpaired) electrons. The van der Waals surface area contributed by atoms with Crippen LogP contribution in [-0.4, -0.2) is 30.7 Å². The van der Waals surface area contributed by atoms with Crippen LogP contribution in [0.4, 0.5) is 5.69 Å². The van der Waals surface area contributed by atoms with Gasteiger partial charge in [-0.15, -0.1) is 0 Å². The van der Waals surface area contributed by atoms with Crippen molar-refractivity contribution < 1.29 is 4.74 Å². The maximum atomic E-state index is 5.83. The van der Waals surface area contributed by atoms with Crippen LogP contribution >= 0.6 is 0 Å². The molecule has 0 saturated carbocycles. The molecular formula is C19H23N3O. The molecule has 1 aromatic heterocycles. The average Bonchev–Trinajstić information content (AvgIpc) is 2.99. The van der Waals surface area contributed by atoms with Gasteiger partial charge in [-0.3, -0.25) is 4.98 Å². The summed E-state index contributed by atoms with van der Waals surface area (Å²) < 4.78 is 5.83. The third kappa shape index (κ3) is 3.48. The summed E-state index contributed by atoms with van der Waals surface area (Å²) in [7, 11) is 0. The van der Waals surface area contributed by atoms with Gasteiger partial charge in [-0.05, 0) is 61.1 Å². The third-order valence-corrected chi connectivity index (χ3v) is 4.73. The van der Waals surface area contributed by atoms with Gasteiger partial charge in [-0.25, -0.2) is 0 Å². The number of pyridine rings is 1. The van der Waals surface area contributed by atoms with Crippen molar-refractivity contribution in [3.63, 3.8) is 0 Å². The fourth-order valence-corrected chi connectivity index (χ4v) is 3.15. The lowest BCUT2D eigenvalue weighted by Crippen LogP contribution is -2.46. The largest absolute Gasteiger partial charge is 0.490 e. The van der Waals surface area contributed by atoms with Gasteiger partial charge in [0.25, 0.3) is 0 Å². The van der Waals surface area contributed by atoms with Gasteiger partial charge >= 0.3 is 0 Å². The number of anilines is 1. The van der Waals surface area contributed by atoms with E-state index in [1.165, 1.54) is 28.8 Å². The fourth-order valence-electron chi connectivity index (χ4n) is 3.15. The smallest absolute Gasteiger partial charge is 0.137 e. The van der Waals surface area contributed by atoms with E-state index in [-0.39, 0.29) is 0 Å². The summed E-state index contributed by atoms with van der Waals surface area (Å²) >= 11 is 0. The molecule has 0 bridgehead atoms. The van der Waals surface area contributed by atoms with E-state index < -0.39 is 0 Å². The second-order valence-corrected chi connectivity index (χ2v) is 6.45. The Morgan fingerprint density at radius 2 is 2.00 bits per heavy atom. The topological polar surface area (TPSA) is 46.2 Å². The first kappa shape index (κ1) is 14.5. The number of fused-ring (bicyclic) bond motifs is 1. The van der Waals surface area contributed by atoms with Gasteiger partial charge in [-0.2, -0.15) is 0 Å². The van der Waals surface area contributed by atoms with Crippen molar-refractivity contribution in [2.75, 3.05) is 25.0 Å². The van der Waals surface area contributed by atoms with E-state index >= 15 is 0 Å². The van der Waals surface area contributed by atoms with Crippen molar-refractivity contribution in [1.29, 1.82) is 0 Å². The number of hydrogen-bond donors (Lipinski definition) is 2. The molecule has 4 heteroatoms. The number of nitrogens with zero attached hydrogens (tertiary/aromatic N) is 1. The van der Waals surface area contributed by atoms with Gasteiger partial charge in [-0.1, -0.05) is 12.1 Å². The zero-order valence-electron chi connectivity index (χ0n) is 13.3. The molecule has 1 fully saturated rings. The van der Waals surface area contributed by atoms with Gasteiger partial charge in [0.1, 0.15) is 12.4 Å². The zero-order valence-corrected chi connectivity index (χ0v) is 13.3. The summed E-state index contributed by atoms with van der Waals surface area (Å²) in [5.74, 6) is 0.881. The Bertz CT molecular complexity index is 682. The lowest BCUT2D eigenvalue weighted by Gasteiger charge is -2.27. The first-order valence-electron chi connectivity index (χ1n) is 8.52. The molecule has 2 aliphatic rings. The highest BCUT2D eigenvalue weighted by Crippen LogP contribution is 2.24. The normalized spacial score (nSPS) is 18.9. The molecule has 0 amide bonds. The third-order valence-electron chi connectivity index (χ3n) is 4.73. The van der Waals surface area contributed by atoms with Crippen molar-refractivity contribution in [3.05, 3.63) is 53.3 Å². The summed E-state index contributed by atoms with van der Waals surface area (Å²) in [5, 5.41) is 6.79. The lowest BCUT2D eigenvalue weighted by molar-refractivity contribution is 0.217. The molecule has 1 atom stereocenters. The minimum Gasteiger partial charge on any atom is -0.490 e. The molecule has 1 aromatic carbocycles. The highest BCUT2D eigenvalue weighted by molar-refractivity contribution is 5.57. The number of ether oxygens (including phenoxy) is 1. The van der Waals surface area contributed by atoms with E-state index in [1.54, 1.807) is 0 Å². The van der Waals surface area contributed by atoms with Crippen molar-refractivity contribution in [3.8, 4) is 5.75 Å². The quantitative estimate of drug-likeness (QED) is 0.861. The van der Waals surface area contributed by atoms with Crippen LogP contribution in [-0.2, 0) is 19.3 Å². The standard InChI is InChI=1S/C19H23N3O/c1(14-3-4-16-5-7-22-19(16)10-14)2-15-9-18(12-20-11-15)23-13-17-6-8-21-17/h3-4,9-12,17,21-22H,1-2,5-8,13H2. The Kier molecular flexibility index (Phi) is 4.16. The maximum Gasteiger partial charge on any atom is 0.137 e. The highest BCUT2D eigenvalue weighted by Gasteiger charge is 2.16. The molecule has 2 aromatic rings. The zero-order chi connectivity index (χ0) is 15.5. The molecule has 1 unspecified atom stereocenters. The van der Waals surface area contributed by atoms with Crippen molar-refractivity contribution in [2.24, 2.45) is 0 Å². The summed E-state index contributed by atoms with van der Waals surface area (Å²) in [4.78, 5) is 4.32. The van der Waals surface area contributed by atoms with Gasteiger partial charge < -0.3 is 15.4 Å². The van der Waals surface area contributed by atoms with Crippen LogP contribution in [0.3, 0.4) is 0 Å². The Hall–Kier alpha value is -2.07. The molecule has 0 aliphatic carbocycles. The van der Waals surface area contributed by atoms with Crippen LogP contribution in [0.1, 0.15) is 23.1 Å². The first-order chi connectivity index (χ1) is 11.4. The number of benzene rings is 1. The minimum absolute atomic E-state index is 0.512. The van der Waals surface area contributed by atoms with Crippen LogP contribution in [0.2, 0.25) is 0 Å².